The van der Waals surface area contributed by atoms with Crippen LogP contribution in [-0.4, -0.2) is 24.9 Å². The second-order valence-electron chi connectivity index (χ2n) is 5.53. The Labute approximate surface area is 126 Å². The van der Waals surface area contributed by atoms with E-state index in [0.29, 0.717) is 12.1 Å². The van der Waals surface area contributed by atoms with Gasteiger partial charge in [0.15, 0.2) is 0 Å². The third-order valence-corrected chi connectivity index (χ3v) is 3.53. The molecule has 0 saturated heterocycles. The lowest BCUT2D eigenvalue weighted by Crippen LogP contribution is -2.22. The third-order valence-electron chi connectivity index (χ3n) is 3.53. The number of nitrogens with one attached hydrogen (secondary N) is 1. The number of nitrogens with zero attached hydrogens (tertiary/aromatic N) is 1. The summed E-state index contributed by atoms with van der Waals surface area (Å²) in [5, 5.41) is 3.38. The van der Waals surface area contributed by atoms with Crippen molar-refractivity contribution < 1.29 is 4.79 Å². The van der Waals surface area contributed by atoms with Gasteiger partial charge < -0.3 is 10.2 Å². The molecule has 0 aliphatic heterocycles. The number of aryl methyl sites for hydroxylation is 2. The number of benzene rings is 2. The lowest BCUT2D eigenvalue weighted by molar-refractivity contribution is 0.0828. The first-order valence-electron chi connectivity index (χ1n) is 7.09. The summed E-state index contributed by atoms with van der Waals surface area (Å²) in [7, 11) is 3.53. The van der Waals surface area contributed by atoms with Gasteiger partial charge in [0.05, 0.1) is 5.56 Å². The lowest BCUT2D eigenvalue weighted by Gasteiger charge is -2.16. The molecule has 0 spiro atoms. The van der Waals surface area contributed by atoms with Gasteiger partial charge in [-0.2, -0.15) is 0 Å². The number of amides is 1. The SMILES string of the molecule is Cc1ccc(CNc2ccccc2C(=O)N(C)C)c(C)c1. The second kappa shape index (κ2) is 6.44. The van der Waals surface area contributed by atoms with Crippen molar-refractivity contribution >= 4 is 11.6 Å². The molecular formula is C18H22N2O. The number of hydrogen-bond acceptors (Lipinski definition) is 2. The fraction of sp³-hybridized carbons (Fsp3) is 0.278. The van der Waals surface area contributed by atoms with E-state index < -0.39 is 0 Å². The predicted molar refractivity (Wildman–Crippen MR) is 87.7 cm³/mol. The molecule has 0 aromatic heterocycles. The molecule has 2 aromatic rings. The summed E-state index contributed by atoms with van der Waals surface area (Å²) in [4.78, 5) is 13.8. The van der Waals surface area contributed by atoms with E-state index in [1.165, 1.54) is 16.7 Å². The third kappa shape index (κ3) is 3.63. The molecule has 21 heavy (non-hydrogen) atoms. The van der Waals surface area contributed by atoms with Crippen molar-refractivity contribution in [3.8, 4) is 0 Å². The maximum Gasteiger partial charge on any atom is 0.255 e. The van der Waals surface area contributed by atoms with Crippen molar-refractivity contribution in [3.05, 3.63) is 64.7 Å². The van der Waals surface area contributed by atoms with Crippen molar-refractivity contribution in [3.63, 3.8) is 0 Å². The minimum Gasteiger partial charge on any atom is -0.380 e. The van der Waals surface area contributed by atoms with E-state index in [4.69, 9.17) is 0 Å². The average molecular weight is 282 g/mol. The van der Waals surface area contributed by atoms with E-state index in [9.17, 15) is 4.79 Å². The Hall–Kier alpha value is -2.29. The van der Waals surface area contributed by atoms with Crippen molar-refractivity contribution in [2.45, 2.75) is 20.4 Å². The van der Waals surface area contributed by atoms with E-state index in [0.717, 1.165) is 5.69 Å². The Morgan fingerprint density at radius 3 is 2.48 bits per heavy atom. The highest BCUT2D eigenvalue weighted by molar-refractivity contribution is 5.99. The molecule has 0 atom stereocenters. The molecule has 1 N–H and O–H groups in total. The normalized spacial score (nSPS) is 10.3. The molecular weight excluding hydrogens is 260 g/mol. The number of hydrogen-bond donors (Lipinski definition) is 1. The lowest BCUT2D eigenvalue weighted by atomic mass is 10.1. The number of anilines is 1. The molecule has 0 aliphatic rings. The van der Waals surface area contributed by atoms with Crippen molar-refractivity contribution in [1.29, 1.82) is 0 Å². The summed E-state index contributed by atoms with van der Waals surface area (Å²) in [5.41, 5.74) is 5.34. The topological polar surface area (TPSA) is 32.3 Å². The van der Waals surface area contributed by atoms with Gasteiger partial charge in [0, 0.05) is 26.3 Å². The van der Waals surface area contributed by atoms with Crippen LogP contribution in [0.2, 0.25) is 0 Å². The summed E-state index contributed by atoms with van der Waals surface area (Å²) in [6.45, 7) is 4.92. The van der Waals surface area contributed by atoms with Crippen molar-refractivity contribution in [1.82, 2.24) is 4.90 Å². The molecule has 1 amide bonds. The van der Waals surface area contributed by atoms with Gasteiger partial charge in [-0.25, -0.2) is 0 Å². The minimum absolute atomic E-state index is 0.0127. The quantitative estimate of drug-likeness (QED) is 0.929. The van der Waals surface area contributed by atoms with E-state index in [1.54, 1.807) is 19.0 Å². The molecule has 3 heteroatoms. The molecule has 0 radical (unpaired) electrons. The van der Waals surface area contributed by atoms with Gasteiger partial charge in [-0.15, -0.1) is 0 Å². The second-order valence-corrected chi connectivity index (χ2v) is 5.53. The van der Waals surface area contributed by atoms with Crippen LogP contribution in [0.5, 0.6) is 0 Å². The van der Waals surface area contributed by atoms with Crippen molar-refractivity contribution in [2.75, 3.05) is 19.4 Å². The maximum absolute atomic E-state index is 12.2. The fourth-order valence-corrected chi connectivity index (χ4v) is 2.30. The van der Waals surface area contributed by atoms with Gasteiger partial charge in [0.25, 0.3) is 5.91 Å². The van der Waals surface area contributed by atoms with Crippen LogP contribution in [0, 0.1) is 13.8 Å². The van der Waals surface area contributed by atoms with Crippen LogP contribution in [0.1, 0.15) is 27.0 Å². The van der Waals surface area contributed by atoms with Gasteiger partial charge in [-0.1, -0.05) is 35.9 Å². The summed E-state index contributed by atoms with van der Waals surface area (Å²) in [6, 6.07) is 14.0. The Morgan fingerprint density at radius 1 is 1.10 bits per heavy atom. The first kappa shape index (κ1) is 15.1. The summed E-state index contributed by atoms with van der Waals surface area (Å²) in [5.74, 6) is 0.0127. The summed E-state index contributed by atoms with van der Waals surface area (Å²) in [6.07, 6.45) is 0. The van der Waals surface area contributed by atoms with Gasteiger partial charge in [-0.05, 0) is 37.1 Å². The first-order chi connectivity index (χ1) is 9.99. The summed E-state index contributed by atoms with van der Waals surface area (Å²) >= 11 is 0. The molecule has 110 valence electrons. The highest BCUT2D eigenvalue weighted by atomic mass is 16.2. The van der Waals surface area contributed by atoms with Gasteiger partial charge >= 0.3 is 0 Å². The molecule has 0 aliphatic carbocycles. The molecule has 2 aromatic carbocycles. The average Bonchev–Trinajstić information content (AvgIpc) is 2.46. The highest BCUT2D eigenvalue weighted by Crippen LogP contribution is 2.19. The number of carbonyl (C=O) groups excluding carboxylic acids is 1. The highest BCUT2D eigenvalue weighted by Gasteiger charge is 2.12. The Bertz CT molecular complexity index is 647. The largest absolute Gasteiger partial charge is 0.380 e. The van der Waals surface area contributed by atoms with Crippen LogP contribution in [-0.2, 0) is 6.54 Å². The van der Waals surface area contributed by atoms with Crippen LogP contribution < -0.4 is 5.32 Å². The molecule has 0 heterocycles. The van der Waals surface area contributed by atoms with E-state index in [-0.39, 0.29) is 5.91 Å². The molecule has 0 fully saturated rings. The van der Waals surface area contributed by atoms with E-state index in [1.807, 2.05) is 24.3 Å². The monoisotopic (exact) mass is 282 g/mol. The van der Waals surface area contributed by atoms with Crippen molar-refractivity contribution in [2.24, 2.45) is 0 Å². The zero-order valence-electron chi connectivity index (χ0n) is 13.1. The van der Waals surface area contributed by atoms with Gasteiger partial charge in [0.2, 0.25) is 0 Å². The molecule has 0 bridgehead atoms. The number of para-hydroxylation sites is 1. The van der Waals surface area contributed by atoms with Crippen LogP contribution >= 0.6 is 0 Å². The predicted octanol–water partition coefficient (Wildman–Crippen LogP) is 3.62. The van der Waals surface area contributed by atoms with E-state index >= 15 is 0 Å². The van der Waals surface area contributed by atoms with Crippen LogP contribution in [0.15, 0.2) is 42.5 Å². The van der Waals surface area contributed by atoms with Gasteiger partial charge in [-0.3, -0.25) is 4.79 Å². The van der Waals surface area contributed by atoms with Gasteiger partial charge in [0.1, 0.15) is 0 Å². The Morgan fingerprint density at radius 2 is 1.81 bits per heavy atom. The zero-order chi connectivity index (χ0) is 15.4. The van der Waals surface area contributed by atoms with Crippen LogP contribution in [0.4, 0.5) is 5.69 Å². The van der Waals surface area contributed by atoms with Crippen LogP contribution in [0.3, 0.4) is 0 Å². The first-order valence-corrected chi connectivity index (χ1v) is 7.09. The molecule has 0 saturated carbocycles. The molecule has 0 unspecified atom stereocenters. The number of carbonyl (C=O) groups is 1. The molecule has 3 nitrogen and oxygen atoms in total. The maximum atomic E-state index is 12.2. The standard InChI is InChI=1S/C18H22N2O/c1-13-9-10-15(14(2)11-13)12-19-17-8-6-5-7-16(17)18(21)20(3)4/h5-11,19H,12H2,1-4H3. The Kier molecular flexibility index (Phi) is 4.63. The van der Waals surface area contributed by atoms with E-state index in [2.05, 4.69) is 37.4 Å². The molecule has 2 rings (SSSR count). The van der Waals surface area contributed by atoms with Crippen LogP contribution in [0.25, 0.3) is 0 Å². The minimum atomic E-state index is 0.0127. The zero-order valence-corrected chi connectivity index (χ0v) is 13.1. The smallest absolute Gasteiger partial charge is 0.255 e. The Balaban J connectivity index is 2.19. The number of rotatable bonds is 4. The fourth-order valence-electron chi connectivity index (χ4n) is 2.30. The summed E-state index contributed by atoms with van der Waals surface area (Å²) < 4.78 is 0.